The van der Waals surface area contributed by atoms with Crippen molar-refractivity contribution in [3.8, 4) is 0 Å². The zero-order valence-corrected chi connectivity index (χ0v) is 7.86. The fourth-order valence-corrected chi connectivity index (χ4v) is 1.59. The van der Waals surface area contributed by atoms with Gasteiger partial charge in [0.15, 0.2) is 0 Å². The molecule has 6 nitrogen and oxygen atoms in total. The van der Waals surface area contributed by atoms with Gasteiger partial charge in [0, 0.05) is 19.6 Å². The molecule has 2 aliphatic rings. The molecule has 14 heavy (non-hydrogen) atoms. The van der Waals surface area contributed by atoms with Crippen LogP contribution in [0, 0.1) is 0 Å². The number of carbonyl (C=O) groups excluding carboxylic acids is 2. The minimum atomic E-state index is -0.417. The lowest BCUT2D eigenvalue weighted by Crippen LogP contribution is -2.37. The van der Waals surface area contributed by atoms with Crippen LogP contribution in [-0.4, -0.2) is 48.3 Å². The molecule has 0 unspecified atom stereocenters. The van der Waals surface area contributed by atoms with Crippen molar-refractivity contribution in [1.82, 2.24) is 15.3 Å². The zero-order chi connectivity index (χ0) is 9.97. The lowest BCUT2D eigenvalue weighted by atomic mass is 10.4. The van der Waals surface area contributed by atoms with E-state index in [1.807, 2.05) is 0 Å². The molecule has 2 rings (SSSR count). The number of urea groups is 1. The Morgan fingerprint density at radius 3 is 2.57 bits per heavy atom. The summed E-state index contributed by atoms with van der Waals surface area (Å²) >= 11 is 0. The predicted octanol–water partition coefficient (Wildman–Crippen LogP) is 0.159. The van der Waals surface area contributed by atoms with E-state index in [9.17, 15) is 9.59 Å². The summed E-state index contributed by atoms with van der Waals surface area (Å²) in [7, 11) is 0. The maximum Gasteiger partial charge on any atom is 0.434 e. The van der Waals surface area contributed by atoms with Gasteiger partial charge in [-0.3, -0.25) is 0 Å². The van der Waals surface area contributed by atoms with Crippen LogP contribution in [0.3, 0.4) is 0 Å². The van der Waals surface area contributed by atoms with Crippen molar-refractivity contribution in [2.45, 2.75) is 12.8 Å². The summed E-state index contributed by atoms with van der Waals surface area (Å²) in [6.45, 7) is 2.42. The Balaban J connectivity index is 1.84. The van der Waals surface area contributed by atoms with Gasteiger partial charge in [0.05, 0.1) is 6.54 Å². The minimum absolute atomic E-state index is 0.336. The number of rotatable bonds is 1. The molecule has 78 valence electrons. The van der Waals surface area contributed by atoms with Crippen molar-refractivity contribution in [2.24, 2.45) is 0 Å². The summed E-state index contributed by atoms with van der Waals surface area (Å²) < 4.78 is 0. The van der Waals surface area contributed by atoms with Crippen molar-refractivity contribution in [1.29, 1.82) is 0 Å². The fourth-order valence-electron chi connectivity index (χ4n) is 1.59. The number of nitrogens with one attached hydrogen (secondary N) is 1. The van der Waals surface area contributed by atoms with Gasteiger partial charge >= 0.3 is 12.1 Å². The molecule has 0 aromatic heterocycles. The molecule has 0 saturated carbocycles. The van der Waals surface area contributed by atoms with Gasteiger partial charge in [0.25, 0.3) is 0 Å². The standard InChI is InChI=1S/C8H13N3O3/c12-7-9-3-6-11(7)14-8(13)10-4-1-2-5-10/h1-6H2,(H,9,12). The maximum atomic E-state index is 11.4. The van der Waals surface area contributed by atoms with Crippen molar-refractivity contribution in [3.63, 3.8) is 0 Å². The van der Waals surface area contributed by atoms with Gasteiger partial charge in [0.2, 0.25) is 0 Å². The SMILES string of the molecule is O=C(ON1CCNC1=O)N1CCCC1. The van der Waals surface area contributed by atoms with Crippen molar-refractivity contribution in [2.75, 3.05) is 26.2 Å². The summed E-state index contributed by atoms with van der Waals surface area (Å²) in [5.74, 6) is 0. The van der Waals surface area contributed by atoms with Gasteiger partial charge in [-0.2, -0.15) is 5.06 Å². The highest BCUT2D eigenvalue weighted by Crippen LogP contribution is 2.10. The Hall–Kier alpha value is -1.46. The molecule has 0 aromatic carbocycles. The van der Waals surface area contributed by atoms with E-state index >= 15 is 0 Å². The molecule has 0 aromatic rings. The third-order valence-electron chi connectivity index (χ3n) is 2.37. The summed E-state index contributed by atoms with van der Waals surface area (Å²) in [6.07, 6.45) is 1.61. The number of hydrogen-bond acceptors (Lipinski definition) is 3. The molecule has 1 N–H and O–H groups in total. The molecule has 2 saturated heterocycles. The molecular weight excluding hydrogens is 186 g/mol. The summed E-state index contributed by atoms with van der Waals surface area (Å²) in [6, 6.07) is -0.336. The van der Waals surface area contributed by atoms with Gasteiger partial charge in [0.1, 0.15) is 0 Å². The van der Waals surface area contributed by atoms with Crippen LogP contribution in [0.2, 0.25) is 0 Å². The van der Waals surface area contributed by atoms with Crippen LogP contribution in [0.25, 0.3) is 0 Å². The van der Waals surface area contributed by atoms with E-state index in [1.54, 1.807) is 4.90 Å². The maximum absolute atomic E-state index is 11.4. The third-order valence-corrected chi connectivity index (χ3v) is 2.37. The van der Waals surface area contributed by atoms with Crippen molar-refractivity contribution < 1.29 is 14.4 Å². The fraction of sp³-hybridized carbons (Fsp3) is 0.750. The Bertz CT molecular complexity index is 250. The average molecular weight is 199 g/mol. The van der Waals surface area contributed by atoms with Crippen LogP contribution in [0.5, 0.6) is 0 Å². The number of hydroxylamine groups is 2. The second-order valence-electron chi connectivity index (χ2n) is 3.39. The number of hydrogen-bond donors (Lipinski definition) is 1. The Kier molecular flexibility index (Phi) is 2.43. The number of nitrogens with zero attached hydrogens (tertiary/aromatic N) is 2. The number of carbonyl (C=O) groups is 2. The smallest absolute Gasteiger partial charge is 0.334 e. The molecular formula is C8H13N3O3. The monoisotopic (exact) mass is 199 g/mol. The van der Waals surface area contributed by atoms with Crippen molar-refractivity contribution >= 4 is 12.1 Å². The lowest BCUT2D eigenvalue weighted by Gasteiger charge is -2.18. The van der Waals surface area contributed by atoms with Crippen LogP contribution in [0.15, 0.2) is 0 Å². The largest absolute Gasteiger partial charge is 0.434 e. The van der Waals surface area contributed by atoms with E-state index < -0.39 is 6.09 Å². The highest BCUT2D eigenvalue weighted by atomic mass is 16.7. The first-order valence-corrected chi connectivity index (χ1v) is 4.79. The van der Waals surface area contributed by atoms with Gasteiger partial charge in [-0.25, -0.2) is 9.59 Å². The quantitative estimate of drug-likeness (QED) is 0.654. The van der Waals surface area contributed by atoms with E-state index in [0.717, 1.165) is 31.0 Å². The molecule has 0 spiro atoms. The van der Waals surface area contributed by atoms with Crippen LogP contribution < -0.4 is 5.32 Å². The molecule has 3 amide bonds. The molecule has 2 heterocycles. The Morgan fingerprint density at radius 2 is 2.00 bits per heavy atom. The highest BCUT2D eigenvalue weighted by molar-refractivity contribution is 5.77. The average Bonchev–Trinajstić information content (AvgIpc) is 2.77. The molecule has 0 atom stereocenters. The van der Waals surface area contributed by atoms with Crippen LogP contribution in [0.4, 0.5) is 9.59 Å². The predicted molar refractivity (Wildman–Crippen MR) is 47.4 cm³/mol. The lowest BCUT2D eigenvalue weighted by molar-refractivity contribution is -0.0570. The molecule has 2 fully saturated rings. The van der Waals surface area contributed by atoms with E-state index in [1.165, 1.54) is 0 Å². The van der Waals surface area contributed by atoms with Crippen molar-refractivity contribution in [3.05, 3.63) is 0 Å². The van der Waals surface area contributed by atoms with Gasteiger partial charge < -0.3 is 15.1 Å². The first-order chi connectivity index (χ1) is 6.77. The second-order valence-corrected chi connectivity index (χ2v) is 3.39. The Morgan fingerprint density at radius 1 is 1.29 bits per heavy atom. The second kappa shape index (κ2) is 3.73. The topological polar surface area (TPSA) is 61.9 Å². The van der Waals surface area contributed by atoms with Crippen LogP contribution >= 0.6 is 0 Å². The molecule has 0 radical (unpaired) electrons. The van der Waals surface area contributed by atoms with E-state index in [2.05, 4.69) is 5.32 Å². The summed E-state index contributed by atoms with van der Waals surface area (Å²) in [5.41, 5.74) is 0. The first kappa shape index (κ1) is 9.11. The van der Waals surface area contributed by atoms with Crippen LogP contribution in [0.1, 0.15) is 12.8 Å². The van der Waals surface area contributed by atoms with Crippen LogP contribution in [-0.2, 0) is 4.84 Å². The first-order valence-electron chi connectivity index (χ1n) is 4.79. The summed E-state index contributed by atoms with van der Waals surface area (Å²) in [4.78, 5) is 29.0. The zero-order valence-electron chi connectivity index (χ0n) is 7.86. The number of likely N-dealkylation sites (tertiary alicyclic amines) is 1. The third kappa shape index (κ3) is 1.73. The summed E-state index contributed by atoms with van der Waals surface area (Å²) in [5, 5.41) is 3.63. The van der Waals surface area contributed by atoms with Gasteiger partial charge in [-0.05, 0) is 12.8 Å². The van der Waals surface area contributed by atoms with E-state index in [0.29, 0.717) is 13.1 Å². The van der Waals surface area contributed by atoms with E-state index in [4.69, 9.17) is 4.84 Å². The highest BCUT2D eigenvalue weighted by Gasteiger charge is 2.27. The minimum Gasteiger partial charge on any atom is -0.334 e. The Labute approximate surface area is 81.7 Å². The van der Waals surface area contributed by atoms with E-state index in [-0.39, 0.29) is 6.03 Å². The van der Waals surface area contributed by atoms with Gasteiger partial charge in [-0.15, -0.1) is 0 Å². The van der Waals surface area contributed by atoms with Gasteiger partial charge in [-0.1, -0.05) is 0 Å². The normalized spacial score (nSPS) is 21.3. The molecule has 0 bridgehead atoms. The molecule has 0 aliphatic carbocycles. The number of amides is 3. The molecule has 2 aliphatic heterocycles. The molecule has 6 heteroatoms.